The summed E-state index contributed by atoms with van der Waals surface area (Å²) >= 11 is 6.86. The van der Waals surface area contributed by atoms with Crippen molar-refractivity contribution in [3.8, 4) is 11.3 Å². The predicted molar refractivity (Wildman–Crippen MR) is 90.1 cm³/mol. The summed E-state index contributed by atoms with van der Waals surface area (Å²) in [4.78, 5) is 4.37. The number of thiazole rings is 1. The van der Waals surface area contributed by atoms with Crippen molar-refractivity contribution in [2.75, 3.05) is 5.43 Å². The Balaban J connectivity index is 1.72. The largest absolute Gasteiger partial charge is 0.253 e. The van der Waals surface area contributed by atoms with Crippen molar-refractivity contribution in [2.24, 2.45) is 5.10 Å². The van der Waals surface area contributed by atoms with E-state index in [1.807, 2.05) is 35.7 Å². The lowest BCUT2D eigenvalue weighted by molar-refractivity contribution is 0.508. The van der Waals surface area contributed by atoms with Crippen LogP contribution in [-0.2, 0) is 0 Å². The van der Waals surface area contributed by atoms with Crippen LogP contribution in [0.15, 0.2) is 52.9 Å². The molecule has 0 unspecified atom stereocenters. The van der Waals surface area contributed by atoms with Gasteiger partial charge in [-0.2, -0.15) is 5.10 Å². The first-order valence-corrected chi connectivity index (χ1v) is 7.84. The molecular formula is C16H10ClF2N3S. The Hall–Kier alpha value is -2.31. The summed E-state index contributed by atoms with van der Waals surface area (Å²) in [6.07, 6.45) is 1.18. The zero-order valence-electron chi connectivity index (χ0n) is 11.6. The van der Waals surface area contributed by atoms with Gasteiger partial charge in [0.15, 0.2) is 11.6 Å². The maximum Gasteiger partial charge on any atom is 0.203 e. The molecule has 0 aliphatic rings. The van der Waals surface area contributed by atoms with Crippen LogP contribution in [0.5, 0.6) is 0 Å². The van der Waals surface area contributed by atoms with Gasteiger partial charge in [0.2, 0.25) is 5.13 Å². The fraction of sp³-hybridized carbons (Fsp3) is 0. The molecule has 0 atom stereocenters. The summed E-state index contributed by atoms with van der Waals surface area (Å²) in [6, 6.07) is 12.3. The monoisotopic (exact) mass is 349 g/mol. The summed E-state index contributed by atoms with van der Waals surface area (Å²) < 4.78 is 27.0. The van der Waals surface area contributed by atoms with Crippen LogP contribution in [0.3, 0.4) is 0 Å². The fourth-order valence-corrected chi connectivity index (χ4v) is 2.68. The third-order valence-electron chi connectivity index (χ3n) is 3.00. The van der Waals surface area contributed by atoms with Crippen molar-refractivity contribution in [2.45, 2.75) is 0 Å². The average molecular weight is 350 g/mol. The highest BCUT2D eigenvalue weighted by atomic mass is 35.5. The Morgan fingerprint density at radius 2 is 1.87 bits per heavy atom. The fourth-order valence-electron chi connectivity index (χ4n) is 1.86. The third kappa shape index (κ3) is 3.55. The van der Waals surface area contributed by atoms with Crippen molar-refractivity contribution in [1.82, 2.24) is 4.98 Å². The van der Waals surface area contributed by atoms with Crippen LogP contribution in [0.25, 0.3) is 11.3 Å². The molecule has 3 aromatic rings. The SMILES string of the molecule is Fc1c(Cl)ccc(C=NNc2nc(-c3ccccc3)cs2)c1F. The summed E-state index contributed by atoms with van der Waals surface area (Å²) in [7, 11) is 0. The van der Waals surface area contributed by atoms with E-state index in [1.54, 1.807) is 0 Å². The van der Waals surface area contributed by atoms with Crippen molar-refractivity contribution >= 4 is 34.3 Å². The first-order valence-electron chi connectivity index (χ1n) is 6.58. The van der Waals surface area contributed by atoms with Crippen molar-refractivity contribution in [3.63, 3.8) is 0 Å². The molecule has 23 heavy (non-hydrogen) atoms. The average Bonchev–Trinajstić information content (AvgIpc) is 3.05. The lowest BCUT2D eigenvalue weighted by Crippen LogP contribution is -1.96. The van der Waals surface area contributed by atoms with Crippen LogP contribution >= 0.6 is 22.9 Å². The summed E-state index contributed by atoms with van der Waals surface area (Å²) in [6.45, 7) is 0. The van der Waals surface area contributed by atoms with Crippen LogP contribution in [0, 0.1) is 11.6 Å². The highest BCUT2D eigenvalue weighted by Gasteiger charge is 2.10. The van der Waals surface area contributed by atoms with Gasteiger partial charge in [0.1, 0.15) is 0 Å². The highest BCUT2D eigenvalue weighted by molar-refractivity contribution is 7.14. The Morgan fingerprint density at radius 3 is 2.65 bits per heavy atom. The van der Waals surface area contributed by atoms with Gasteiger partial charge in [0.05, 0.1) is 16.9 Å². The van der Waals surface area contributed by atoms with Gasteiger partial charge in [-0.15, -0.1) is 11.3 Å². The molecule has 1 heterocycles. The van der Waals surface area contributed by atoms with Crippen LogP contribution in [-0.4, -0.2) is 11.2 Å². The number of aromatic nitrogens is 1. The molecule has 1 aromatic heterocycles. The molecule has 0 bridgehead atoms. The Bertz CT molecular complexity index is 850. The zero-order chi connectivity index (χ0) is 16.2. The lowest BCUT2D eigenvalue weighted by Gasteiger charge is -2.00. The number of rotatable bonds is 4. The third-order valence-corrected chi connectivity index (χ3v) is 4.04. The second kappa shape index (κ2) is 6.85. The molecule has 0 fully saturated rings. The number of halogens is 3. The molecule has 2 aromatic carbocycles. The predicted octanol–water partition coefficient (Wildman–Crippen LogP) is 5.19. The van der Waals surface area contributed by atoms with Crippen LogP contribution in [0.4, 0.5) is 13.9 Å². The molecular weight excluding hydrogens is 340 g/mol. The van der Waals surface area contributed by atoms with Crippen LogP contribution in [0.2, 0.25) is 5.02 Å². The van der Waals surface area contributed by atoms with Crippen molar-refractivity contribution in [3.05, 3.63) is 70.1 Å². The molecule has 0 spiro atoms. The van der Waals surface area contributed by atoms with E-state index in [1.165, 1.54) is 29.7 Å². The van der Waals surface area contributed by atoms with Crippen LogP contribution < -0.4 is 5.43 Å². The molecule has 0 saturated carbocycles. The van der Waals surface area contributed by atoms with Gasteiger partial charge in [0.25, 0.3) is 0 Å². The van der Waals surface area contributed by atoms with Gasteiger partial charge >= 0.3 is 0 Å². The molecule has 0 amide bonds. The maximum atomic E-state index is 13.6. The number of benzene rings is 2. The molecule has 7 heteroatoms. The smallest absolute Gasteiger partial charge is 0.203 e. The number of hydrogen-bond donors (Lipinski definition) is 1. The minimum Gasteiger partial charge on any atom is -0.253 e. The first kappa shape index (κ1) is 15.6. The van der Waals surface area contributed by atoms with Gasteiger partial charge in [-0.25, -0.2) is 13.8 Å². The number of nitrogens with zero attached hydrogens (tertiary/aromatic N) is 2. The van der Waals surface area contributed by atoms with Gasteiger partial charge in [0, 0.05) is 16.5 Å². The minimum absolute atomic E-state index is 0.000705. The first-order chi connectivity index (χ1) is 11.1. The van der Waals surface area contributed by atoms with Gasteiger partial charge in [-0.05, 0) is 12.1 Å². The Morgan fingerprint density at radius 1 is 1.09 bits per heavy atom. The molecule has 0 radical (unpaired) electrons. The lowest BCUT2D eigenvalue weighted by atomic mass is 10.2. The van der Waals surface area contributed by atoms with Gasteiger partial charge < -0.3 is 0 Å². The topological polar surface area (TPSA) is 37.3 Å². The Kier molecular flexibility index (Phi) is 4.64. The highest BCUT2D eigenvalue weighted by Crippen LogP contribution is 2.24. The van der Waals surface area contributed by atoms with E-state index >= 15 is 0 Å². The summed E-state index contributed by atoms with van der Waals surface area (Å²) in [5.74, 6) is -2.12. The zero-order valence-corrected chi connectivity index (χ0v) is 13.2. The molecule has 1 N–H and O–H groups in total. The molecule has 0 aliphatic carbocycles. The maximum absolute atomic E-state index is 13.6. The van der Waals surface area contributed by atoms with E-state index in [0.29, 0.717) is 5.13 Å². The van der Waals surface area contributed by atoms with Crippen molar-refractivity contribution < 1.29 is 8.78 Å². The molecule has 3 rings (SSSR count). The van der Waals surface area contributed by atoms with E-state index in [-0.39, 0.29) is 10.6 Å². The molecule has 0 aliphatic heterocycles. The van der Waals surface area contributed by atoms with E-state index in [4.69, 9.17) is 11.6 Å². The van der Waals surface area contributed by atoms with E-state index < -0.39 is 11.6 Å². The van der Waals surface area contributed by atoms with Gasteiger partial charge in [-0.1, -0.05) is 41.9 Å². The van der Waals surface area contributed by atoms with E-state index in [0.717, 1.165) is 11.3 Å². The molecule has 0 saturated heterocycles. The Labute approximate surface area is 140 Å². The second-order valence-corrected chi connectivity index (χ2v) is 5.80. The number of hydrazone groups is 1. The van der Waals surface area contributed by atoms with E-state index in [2.05, 4.69) is 15.5 Å². The summed E-state index contributed by atoms with van der Waals surface area (Å²) in [5.41, 5.74) is 4.51. The molecule has 116 valence electrons. The summed E-state index contributed by atoms with van der Waals surface area (Å²) in [5, 5.41) is 6.05. The molecule has 3 nitrogen and oxygen atoms in total. The quantitative estimate of drug-likeness (QED) is 0.400. The number of anilines is 1. The van der Waals surface area contributed by atoms with E-state index in [9.17, 15) is 8.78 Å². The normalized spacial score (nSPS) is 11.1. The van der Waals surface area contributed by atoms with Gasteiger partial charge in [-0.3, -0.25) is 5.43 Å². The number of nitrogens with one attached hydrogen (secondary N) is 1. The second-order valence-electron chi connectivity index (χ2n) is 4.54. The van der Waals surface area contributed by atoms with Crippen molar-refractivity contribution in [1.29, 1.82) is 0 Å². The van der Waals surface area contributed by atoms with Crippen LogP contribution in [0.1, 0.15) is 5.56 Å². The minimum atomic E-state index is -1.09. The number of hydrogen-bond acceptors (Lipinski definition) is 4. The standard InChI is InChI=1S/C16H10ClF2N3S/c17-12-7-6-11(14(18)15(12)19)8-20-22-16-21-13(9-23-16)10-4-2-1-3-5-10/h1-9H,(H,21,22).